The van der Waals surface area contributed by atoms with Gasteiger partial charge < -0.3 is 20.5 Å². The Morgan fingerprint density at radius 1 is 1.41 bits per heavy atom. The molecule has 0 radical (unpaired) electrons. The molecule has 0 aliphatic heterocycles. The zero-order chi connectivity index (χ0) is 12.9. The average Bonchev–Trinajstić information content (AvgIpc) is 3.05. The van der Waals surface area contributed by atoms with Gasteiger partial charge in [-0.1, -0.05) is 6.92 Å². The number of hydrogen-bond acceptors (Lipinski definition) is 3. The molecule has 3 N–H and O–H groups in total. The highest BCUT2D eigenvalue weighted by Gasteiger charge is 2.50. The van der Waals surface area contributed by atoms with E-state index >= 15 is 0 Å². The van der Waals surface area contributed by atoms with Crippen molar-refractivity contribution in [3.05, 3.63) is 0 Å². The monoisotopic (exact) mass is 244 g/mol. The summed E-state index contributed by atoms with van der Waals surface area (Å²) in [5.74, 6) is -0.592. The Kier molecular flexibility index (Phi) is 4.74. The van der Waals surface area contributed by atoms with Crippen molar-refractivity contribution in [2.45, 2.75) is 19.8 Å². The Morgan fingerprint density at radius 3 is 2.53 bits per heavy atom. The summed E-state index contributed by atoms with van der Waals surface area (Å²) in [6, 6.07) is -0.319. The van der Waals surface area contributed by atoms with Crippen LogP contribution in [0.5, 0.6) is 0 Å². The maximum Gasteiger partial charge on any atom is 0.314 e. The van der Waals surface area contributed by atoms with Crippen LogP contribution >= 0.6 is 0 Å². The van der Waals surface area contributed by atoms with Crippen LogP contribution in [0.25, 0.3) is 0 Å². The van der Waals surface area contributed by atoms with E-state index in [-0.39, 0.29) is 18.5 Å². The van der Waals surface area contributed by atoms with E-state index < -0.39 is 11.4 Å². The van der Waals surface area contributed by atoms with Crippen molar-refractivity contribution in [3.63, 3.8) is 0 Å². The summed E-state index contributed by atoms with van der Waals surface area (Å²) in [5.41, 5.74) is -0.713. The van der Waals surface area contributed by atoms with Crippen LogP contribution in [0.1, 0.15) is 19.8 Å². The topological polar surface area (TPSA) is 87.7 Å². The summed E-state index contributed by atoms with van der Waals surface area (Å²) >= 11 is 0. The standard InChI is InChI=1S/C11H20N2O4/c1-8(6-17-2)5-12-10(16)13-7-11(3-4-11)9(14)15/h8H,3-7H2,1-2H3,(H,14,15)(H2,12,13,16). The van der Waals surface area contributed by atoms with E-state index in [0.29, 0.717) is 26.0 Å². The van der Waals surface area contributed by atoms with Crippen molar-refractivity contribution in [3.8, 4) is 0 Å². The van der Waals surface area contributed by atoms with Crippen molar-refractivity contribution < 1.29 is 19.4 Å². The van der Waals surface area contributed by atoms with Gasteiger partial charge >= 0.3 is 12.0 Å². The maximum absolute atomic E-state index is 11.4. The normalized spacial score (nSPS) is 18.2. The molecule has 1 unspecified atom stereocenters. The molecule has 1 aliphatic carbocycles. The van der Waals surface area contributed by atoms with Crippen molar-refractivity contribution in [1.29, 1.82) is 0 Å². The molecule has 0 heterocycles. The number of amides is 2. The van der Waals surface area contributed by atoms with E-state index in [4.69, 9.17) is 9.84 Å². The zero-order valence-corrected chi connectivity index (χ0v) is 10.3. The number of carboxylic acid groups (broad SMARTS) is 1. The third kappa shape index (κ3) is 4.22. The fourth-order valence-corrected chi connectivity index (χ4v) is 1.54. The molecular weight excluding hydrogens is 224 g/mol. The van der Waals surface area contributed by atoms with E-state index in [1.165, 1.54) is 0 Å². The molecule has 0 aromatic heterocycles. The number of ether oxygens (including phenoxy) is 1. The largest absolute Gasteiger partial charge is 0.481 e. The average molecular weight is 244 g/mol. The quantitative estimate of drug-likeness (QED) is 0.606. The number of carbonyl (C=O) groups excluding carboxylic acids is 1. The molecule has 1 saturated carbocycles. The molecule has 0 aromatic carbocycles. The number of nitrogens with one attached hydrogen (secondary N) is 2. The van der Waals surface area contributed by atoms with Crippen molar-refractivity contribution in [1.82, 2.24) is 10.6 Å². The molecule has 0 spiro atoms. The number of methoxy groups -OCH3 is 1. The molecule has 1 fully saturated rings. The summed E-state index contributed by atoms with van der Waals surface area (Å²) in [4.78, 5) is 22.3. The SMILES string of the molecule is COCC(C)CNC(=O)NCC1(C(=O)O)CC1. The third-order valence-corrected chi connectivity index (χ3v) is 2.96. The predicted octanol–water partition coefficient (Wildman–Crippen LogP) is 0.433. The molecule has 6 heteroatoms. The van der Waals surface area contributed by atoms with E-state index in [2.05, 4.69) is 10.6 Å². The summed E-state index contributed by atoms with van der Waals surface area (Å²) < 4.78 is 4.94. The van der Waals surface area contributed by atoms with Gasteiger partial charge in [0.2, 0.25) is 0 Å². The highest BCUT2D eigenvalue weighted by Crippen LogP contribution is 2.45. The Hall–Kier alpha value is -1.30. The molecular formula is C11H20N2O4. The molecule has 0 saturated heterocycles. The summed E-state index contributed by atoms with van der Waals surface area (Å²) in [7, 11) is 1.61. The number of hydrogen-bond donors (Lipinski definition) is 3. The van der Waals surface area contributed by atoms with Gasteiger partial charge in [0.1, 0.15) is 0 Å². The van der Waals surface area contributed by atoms with Crippen molar-refractivity contribution >= 4 is 12.0 Å². The Balaban J connectivity index is 2.16. The summed E-state index contributed by atoms with van der Waals surface area (Å²) in [5, 5.41) is 14.2. The molecule has 1 atom stereocenters. The van der Waals surface area contributed by atoms with Crippen molar-refractivity contribution in [2.24, 2.45) is 11.3 Å². The van der Waals surface area contributed by atoms with Gasteiger partial charge in [-0.05, 0) is 18.8 Å². The zero-order valence-electron chi connectivity index (χ0n) is 10.3. The fraction of sp³-hybridized carbons (Fsp3) is 0.818. The van der Waals surface area contributed by atoms with E-state index in [9.17, 15) is 9.59 Å². The van der Waals surface area contributed by atoms with Crippen LogP contribution in [-0.2, 0) is 9.53 Å². The van der Waals surface area contributed by atoms with Crippen LogP contribution in [-0.4, -0.2) is 43.9 Å². The first kappa shape index (κ1) is 13.8. The molecule has 0 bridgehead atoms. The lowest BCUT2D eigenvalue weighted by molar-refractivity contribution is -0.143. The van der Waals surface area contributed by atoms with Crippen LogP contribution in [0.2, 0.25) is 0 Å². The van der Waals surface area contributed by atoms with Gasteiger partial charge in [0.25, 0.3) is 0 Å². The number of aliphatic carboxylic acids is 1. The Morgan fingerprint density at radius 2 is 2.06 bits per heavy atom. The predicted molar refractivity (Wildman–Crippen MR) is 61.7 cm³/mol. The summed E-state index contributed by atoms with van der Waals surface area (Å²) in [6.45, 7) is 3.26. The number of rotatable bonds is 7. The van der Waals surface area contributed by atoms with E-state index in [0.717, 1.165) is 0 Å². The van der Waals surface area contributed by atoms with Crippen LogP contribution in [0.15, 0.2) is 0 Å². The van der Waals surface area contributed by atoms with E-state index in [1.807, 2.05) is 6.92 Å². The first-order valence-corrected chi connectivity index (χ1v) is 5.74. The Labute approximate surface area is 101 Å². The van der Waals surface area contributed by atoms with Gasteiger partial charge in [-0.25, -0.2) is 4.79 Å². The molecule has 17 heavy (non-hydrogen) atoms. The maximum atomic E-state index is 11.4. The van der Waals surface area contributed by atoms with Crippen LogP contribution in [0.3, 0.4) is 0 Å². The molecule has 1 rings (SSSR count). The third-order valence-electron chi connectivity index (χ3n) is 2.96. The highest BCUT2D eigenvalue weighted by molar-refractivity contribution is 5.80. The minimum atomic E-state index is -0.828. The molecule has 6 nitrogen and oxygen atoms in total. The van der Waals surface area contributed by atoms with Crippen LogP contribution < -0.4 is 10.6 Å². The van der Waals surface area contributed by atoms with Crippen molar-refractivity contribution in [2.75, 3.05) is 26.8 Å². The lowest BCUT2D eigenvalue weighted by Crippen LogP contribution is -2.42. The minimum absolute atomic E-state index is 0.201. The van der Waals surface area contributed by atoms with Gasteiger partial charge in [-0.2, -0.15) is 0 Å². The number of urea groups is 1. The molecule has 1 aliphatic rings. The van der Waals surface area contributed by atoms with Crippen LogP contribution in [0, 0.1) is 11.3 Å². The van der Waals surface area contributed by atoms with Gasteiger partial charge in [0.15, 0.2) is 0 Å². The second-order valence-electron chi connectivity index (χ2n) is 4.71. The smallest absolute Gasteiger partial charge is 0.314 e. The number of carboxylic acids is 1. The molecule has 98 valence electrons. The van der Waals surface area contributed by atoms with Gasteiger partial charge in [-0.3, -0.25) is 4.79 Å². The van der Waals surface area contributed by atoms with E-state index in [1.54, 1.807) is 7.11 Å². The van der Waals surface area contributed by atoms with Gasteiger partial charge in [0, 0.05) is 20.2 Å². The van der Waals surface area contributed by atoms with Crippen LogP contribution in [0.4, 0.5) is 4.79 Å². The molecule has 0 aromatic rings. The first-order chi connectivity index (χ1) is 8.00. The first-order valence-electron chi connectivity index (χ1n) is 5.74. The lowest BCUT2D eigenvalue weighted by atomic mass is 10.1. The van der Waals surface area contributed by atoms with Gasteiger partial charge in [-0.15, -0.1) is 0 Å². The Bertz CT molecular complexity index is 289. The fourth-order valence-electron chi connectivity index (χ4n) is 1.54. The minimum Gasteiger partial charge on any atom is -0.481 e. The number of carbonyl (C=O) groups is 2. The second kappa shape index (κ2) is 5.86. The highest BCUT2D eigenvalue weighted by atomic mass is 16.5. The molecule has 2 amide bonds. The van der Waals surface area contributed by atoms with Gasteiger partial charge in [0.05, 0.1) is 12.0 Å². The lowest BCUT2D eigenvalue weighted by Gasteiger charge is -2.14. The summed E-state index contributed by atoms with van der Waals surface area (Å²) in [6.07, 6.45) is 1.28. The second-order valence-corrected chi connectivity index (χ2v) is 4.71.